The molecule has 146 valence electrons. The van der Waals surface area contributed by atoms with Gasteiger partial charge in [-0.1, -0.05) is 63.2 Å². The number of halogens is 1. The van der Waals surface area contributed by atoms with E-state index in [1.54, 1.807) is 6.07 Å². The van der Waals surface area contributed by atoms with Crippen LogP contribution >= 0.6 is 0 Å². The van der Waals surface area contributed by atoms with Gasteiger partial charge in [-0.05, 0) is 47.8 Å². The van der Waals surface area contributed by atoms with E-state index in [1.807, 2.05) is 42.5 Å². The fourth-order valence-electron chi connectivity index (χ4n) is 4.15. The first-order valence-corrected chi connectivity index (χ1v) is 12.8. The Kier molecular flexibility index (Phi) is 4.29. The zero-order valence-corrected chi connectivity index (χ0v) is 18.2. The molecule has 4 rings (SSSR count). The van der Waals surface area contributed by atoms with Gasteiger partial charge in [0.1, 0.15) is 11.4 Å². The van der Waals surface area contributed by atoms with Crippen molar-refractivity contribution in [3.63, 3.8) is 0 Å². The molecule has 0 aromatic heterocycles. The van der Waals surface area contributed by atoms with E-state index in [0.29, 0.717) is 17.6 Å². The molecule has 0 radical (unpaired) electrons. The van der Waals surface area contributed by atoms with E-state index in [1.165, 1.54) is 6.07 Å². The zero-order valence-electron chi connectivity index (χ0n) is 17.2. The Balaban J connectivity index is 1.84. The largest absolute Gasteiger partial charge is 0.403 e. The van der Waals surface area contributed by atoms with E-state index in [0.717, 1.165) is 11.1 Å². The van der Waals surface area contributed by atoms with Gasteiger partial charge in [-0.3, -0.25) is 4.79 Å². The summed E-state index contributed by atoms with van der Waals surface area (Å²) in [5, 5.41) is 0.00553. The first kappa shape index (κ1) is 19.3. The van der Waals surface area contributed by atoms with Gasteiger partial charge in [-0.2, -0.15) is 0 Å². The number of carbonyl (C=O) groups is 1. The Bertz CT molecular complexity index is 972. The fourth-order valence-corrected chi connectivity index (χ4v) is 5.64. The van der Waals surface area contributed by atoms with Crippen molar-refractivity contribution in [1.82, 2.24) is 0 Å². The summed E-state index contributed by atoms with van der Waals surface area (Å²) in [6, 6.07) is 14.3. The Morgan fingerprint density at radius 2 is 1.82 bits per heavy atom. The minimum Gasteiger partial charge on any atom is -0.403 e. The highest BCUT2D eigenvalue weighted by molar-refractivity contribution is 6.74. The molecule has 4 heteroatoms. The summed E-state index contributed by atoms with van der Waals surface area (Å²) in [6.07, 6.45) is 2.76. The van der Waals surface area contributed by atoms with Gasteiger partial charge in [0.05, 0.1) is 0 Å². The smallest absolute Gasteiger partial charge is 0.193 e. The molecule has 2 atom stereocenters. The third kappa shape index (κ3) is 2.73. The van der Waals surface area contributed by atoms with Gasteiger partial charge >= 0.3 is 0 Å². The van der Waals surface area contributed by atoms with Crippen molar-refractivity contribution >= 4 is 14.1 Å². The summed E-state index contributed by atoms with van der Waals surface area (Å²) < 4.78 is 20.9. The Hall–Kier alpha value is -2.04. The van der Waals surface area contributed by atoms with E-state index in [-0.39, 0.29) is 22.6 Å². The molecule has 2 aromatic carbocycles. The van der Waals surface area contributed by atoms with Gasteiger partial charge in [0.15, 0.2) is 14.1 Å². The summed E-state index contributed by atoms with van der Waals surface area (Å²) >= 11 is 0. The van der Waals surface area contributed by atoms with Crippen LogP contribution in [0.5, 0.6) is 0 Å². The summed E-state index contributed by atoms with van der Waals surface area (Å²) in [5.74, 6) is -0.146. The van der Waals surface area contributed by atoms with Crippen LogP contribution in [0.1, 0.15) is 42.3 Å². The maximum Gasteiger partial charge on any atom is 0.193 e. The van der Waals surface area contributed by atoms with Crippen LogP contribution in [0.15, 0.2) is 60.2 Å². The molecular weight excluding hydrogens is 367 g/mol. The van der Waals surface area contributed by atoms with Crippen LogP contribution in [0, 0.1) is 11.7 Å². The number of fused-ring (bicyclic) bond motifs is 3. The number of hydrogen-bond acceptors (Lipinski definition) is 2. The van der Waals surface area contributed by atoms with Gasteiger partial charge in [0, 0.05) is 17.1 Å². The average Bonchev–Trinajstić information content (AvgIpc) is 2.83. The van der Waals surface area contributed by atoms with Crippen molar-refractivity contribution in [2.24, 2.45) is 5.92 Å². The SMILES string of the molecule is CC(C)(C)[Si](C)(C)O[C@]12C(C(=O)c3ccccc3)=C[C@H]1Cc1cc(F)ccc12. The van der Waals surface area contributed by atoms with Gasteiger partial charge < -0.3 is 4.43 Å². The van der Waals surface area contributed by atoms with E-state index >= 15 is 0 Å². The van der Waals surface area contributed by atoms with Crippen LogP contribution in [0.3, 0.4) is 0 Å². The lowest BCUT2D eigenvalue weighted by Crippen LogP contribution is -2.55. The molecule has 0 saturated heterocycles. The van der Waals surface area contributed by atoms with Crippen molar-refractivity contribution in [3.05, 3.63) is 82.7 Å². The Labute approximate surface area is 167 Å². The number of rotatable bonds is 4. The second-order valence-corrected chi connectivity index (χ2v) is 14.2. The van der Waals surface area contributed by atoms with Crippen LogP contribution in [0.25, 0.3) is 0 Å². The molecule has 0 aliphatic heterocycles. The molecule has 0 saturated carbocycles. The highest BCUT2D eigenvalue weighted by Crippen LogP contribution is 2.60. The molecule has 2 aliphatic carbocycles. The molecule has 0 bridgehead atoms. The Morgan fingerprint density at radius 1 is 1.14 bits per heavy atom. The highest BCUT2D eigenvalue weighted by Gasteiger charge is 2.61. The lowest BCUT2D eigenvalue weighted by atomic mass is 9.68. The molecule has 2 nitrogen and oxygen atoms in total. The zero-order chi connectivity index (χ0) is 20.3. The van der Waals surface area contributed by atoms with Crippen LogP contribution in [0.2, 0.25) is 18.1 Å². The second-order valence-electron chi connectivity index (χ2n) is 9.49. The molecule has 2 aromatic rings. The molecule has 0 fully saturated rings. The minimum absolute atomic E-state index is 0.00553. The fraction of sp³-hybridized carbons (Fsp3) is 0.375. The first-order valence-electron chi connectivity index (χ1n) is 9.87. The lowest BCUT2D eigenvalue weighted by Gasteiger charge is -2.51. The van der Waals surface area contributed by atoms with E-state index in [2.05, 4.69) is 33.9 Å². The van der Waals surface area contributed by atoms with Crippen molar-refractivity contribution in [2.45, 2.75) is 50.9 Å². The first-order chi connectivity index (χ1) is 13.1. The van der Waals surface area contributed by atoms with Crippen molar-refractivity contribution in [2.75, 3.05) is 0 Å². The third-order valence-corrected chi connectivity index (χ3v) is 11.1. The number of ketones is 1. The second kappa shape index (κ2) is 6.23. The van der Waals surface area contributed by atoms with Crippen molar-refractivity contribution in [3.8, 4) is 0 Å². The molecule has 0 heterocycles. The molecule has 0 N–H and O–H groups in total. The van der Waals surface area contributed by atoms with E-state index in [9.17, 15) is 9.18 Å². The highest BCUT2D eigenvalue weighted by atomic mass is 28.4. The average molecular weight is 395 g/mol. The van der Waals surface area contributed by atoms with Crippen molar-refractivity contribution < 1.29 is 13.6 Å². The summed E-state index contributed by atoms with van der Waals surface area (Å²) in [5.41, 5.74) is 2.54. The molecule has 0 unspecified atom stereocenters. The predicted octanol–water partition coefficient (Wildman–Crippen LogP) is 6.04. The Morgan fingerprint density at radius 3 is 2.46 bits per heavy atom. The van der Waals surface area contributed by atoms with Crippen LogP contribution < -0.4 is 0 Å². The summed E-state index contributed by atoms with van der Waals surface area (Å²) in [7, 11) is -2.19. The minimum atomic E-state index is -2.19. The number of benzene rings is 2. The normalized spacial score (nSPS) is 23.5. The molecule has 0 spiro atoms. The topological polar surface area (TPSA) is 26.3 Å². The van der Waals surface area contributed by atoms with Crippen LogP contribution in [-0.2, 0) is 16.4 Å². The molecule has 0 amide bonds. The predicted molar refractivity (Wildman–Crippen MR) is 112 cm³/mol. The lowest BCUT2D eigenvalue weighted by molar-refractivity contribution is 0.0299. The number of carbonyl (C=O) groups excluding carboxylic acids is 1. The maximum atomic E-state index is 13.9. The van der Waals surface area contributed by atoms with Gasteiger partial charge in [0.25, 0.3) is 0 Å². The van der Waals surface area contributed by atoms with Gasteiger partial charge in [-0.25, -0.2) is 4.39 Å². The van der Waals surface area contributed by atoms with Gasteiger partial charge in [0.2, 0.25) is 0 Å². The van der Waals surface area contributed by atoms with Crippen LogP contribution in [0.4, 0.5) is 4.39 Å². The quantitative estimate of drug-likeness (QED) is 0.467. The number of Topliss-reactive ketones (excluding diaryl/α,β-unsaturated/α-hetero) is 1. The third-order valence-electron chi connectivity index (χ3n) is 6.70. The standard InChI is InChI=1S/C24H27FO2Si/c1-23(2,3)28(4,5)27-24-18(13-17-14-19(25)11-12-20(17)24)15-21(24)22(26)16-9-7-6-8-10-16/h6-12,14-15,18H,13H2,1-5H3/t18-,24-/m1/s1. The maximum absolute atomic E-state index is 13.9. The molecular formula is C24H27FO2Si. The van der Waals surface area contributed by atoms with E-state index in [4.69, 9.17) is 4.43 Å². The van der Waals surface area contributed by atoms with Crippen LogP contribution in [-0.4, -0.2) is 14.1 Å². The van der Waals surface area contributed by atoms with E-state index < -0.39 is 13.9 Å². The van der Waals surface area contributed by atoms with Gasteiger partial charge in [-0.15, -0.1) is 0 Å². The monoisotopic (exact) mass is 394 g/mol. The molecule has 2 aliphatic rings. The molecule has 28 heavy (non-hydrogen) atoms. The number of hydrogen-bond donors (Lipinski definition) is 0. The van der Waals surface area contributed by atoms with Crippen molar-refractivity contribution in [1.29, 1.82) is 0 Å². The summed E-state index contributed by atoms with van der Waals surface area (Å²) in [6.45, 7) is 11.0. The summed E-state index contributed by atoms with van der Waals surface area (Å²) in [4.78, 5) is 13.4.